The summed E-state index contributed by atoms with van der Waals surface area (Å²) >= 11 is 1.91. The zero-order valence-corrected chi connectivity index (χ0v) is 13.2. The summed E-state index contributed by atoms with van der Waals surface area (Å²) in [6.07, 6.45) is 9.20. The Morgan fingerprint density at radius 3 is 2.42 bits per heavy atom. The smallest absolute Gasteiger partial charge is 0.0762 e. The van der Waals surface area contributed by atoms with E-state index in [1.807, 2.05) is 30.8 Å². The highest BCUT2D eigenvalue weighted by molar-refractivity contribution is 7.99. The Kier molecular flexibility index (Phi) is 9.02. The lowest BCUT2D eigenvalue weighted by Crippen LogP contribution is -1.90. The number of aliphatic hydroxyl groups is 1. The lowest BCUT2D eigenvalue weighted by molar-refractivity contribution is 0.199. The van der Waals surface area contributed by atoms with Gasteiger partial charge < -0.3 is 5.11 Å². The van der Waals surface area contributed by atoms with Crippen molar-refractivity contribution in [2.45, 2.75) is 69.8 Å². The maximum atomic E-state index is 9.55. The van der Waals surface area contributed by atoms with Crippen LogP contribution in [-0.2, 0) is 0 Å². The van der Waals surface area contributed by atoms with Gasteiger partial charge in [-0.25, -0.2) is 0 Å². The van der Waals surface area contributed by atoms with Gasteiger partial charge in [-0.15, -0.1) is 11.8 Å². The van der Waals surface area contributed by atoms with Gasteiger partial charge in [0.1, 0.15) is 0 Å². The maximum Gasteiger partial charge on any atom is 0.0762 e. The van der Waals surface area contributed by atoms with Crippen LogP contribution in [0.25, 0.3) is 0 Å². The number of thioether (sulfide) groups is 1. The van der Waals surface area contributed by atoms with Crippen LogP contribution in [0.1, 0.15) is 70.5 Å². The molecule has 0 aromatic heterocycles. The van der Waals surface area contributed by atoms with E-state index in [0.717, 1.165) is 5.56 Å². The molecular formula is C17H28OS. The number of unbranched alkanes of at least 4 members (excludes halogenated alkanes) is 6. The monoisotopic (exact) mass is 280 g/mol. The van der Waals surface area contributed by atoms with E-state index in [1.165, 1.54) is 55.6 Å². The van der Waals surface area contributed by atoms with Gasteiger partial charge in [0.25, 0.3) is 0 Å². The van der Waals surface area contributed by atoms with Crippen molar-refractivity contribution < 1.29 is 5.11 Å². The molecule has 0 aliphatic carbocycles. The lowest BCUT2D eigenvalue weighted by Gasteiger charge is -2.07. The topological polar surface area (TPSA) is 20.2 Å². The molecule has 19 heavy (non-hydrogen) atoms. The third-order valence-electron chi connectivity index (χ3n) is 3.36. The molecule has 1 rings (SSSR count). The maximum absolute atomic E-state index is 9.55. The lowest BCUT2D eigenvalue weighted by atomic mass is 10.1. The van der Waals surface area contributed by atoms with E-state index in [2.05, 4.69) is 19.1 Å². The predicted octanol–water partition coefficient (Wildman–Crippen LogP) is 5.58. The summed E-state index contributed by atoms with van der Waals surface area (Å²) < 4.78 is 0. The molecule has 2 heteroatoms. The number of benzene rings is 1. The summed E-state index contributed by atoms with van der Waals surface area (Å²) in [5.74, 6) is 1.19. The quantitative estimate of drug-likeness (QED) is 0.446. The minimum atomic E-state index is -0.362. The molecule has 0 aliphatic rings. The Morgan fingerprint density at radius 2 is 1.74 bits per heavy atom. The minimum Gasteiger partial charge on any atom is -0.389 e. The van der Waals surface area contributed by atoms with Gasteiger partial charge in [0.15, 0.2) is 0 Å². The summed E-state index contributed by atoms with van der Waals surface area (Å²) in [6, 6.07) is 8.27. The van der Waals surface area contributed by atoms with Crippen LogP contribution in [0.2, 0.25) is 0 Å². The second kappa shape index (κ2) is 10.3. The first-order chi connectivity index (χ1) is 9.24. The molecule has 0 spiro atoms. The van der Waals surface area contributed by atoms with Gasteiger partial charge in [0, 0.05) is 4.90 Å². The molecule has 0 aliphatic heterocycles. The van der Waals surface area contributed by atoms with Gasteiger partial charge in [-0.1, -0.05) is 57.6 Å². The van der Waals surface area contributed by atoms with Crippen LogP contribution in [-0.4, -0.2) is 10.9 Å². The van der Waals surface area contributed by atoms with Gasteiger partial charge >= 0.3 is 0 Å². The highest BCUT2D eigenvalue weighted by atomic mass is 32.2. The zero-order chi connectivity index (χ0) is 13.9. The van der Waals surface area contributed by atoms with Crippen LogP contribution in [0, 0.1) is 0 Å². The van der Waals surface area contributed by atoms with Crippen molar-refractivity contribution in [2.24, 2.45) is 0 Å². The second-order valence-electron chi connectivity index (χ2n) is 5.22. The van der Waals surface area contributed by atoms with Crippen LogP contribution in [0.15, 0.2) is 29.2 Å². The molecule has 0 amide bonds. The van der Waals surface area contributed by atoms with E-state index >= 15 is 0 Å². The van der Waals surface area contributed by atoms with Crippen LogP contribution in [0.5, 0.6) is 0 Å². The van der Waals surface area contributed by atoms with E-state index in [4.69, 9.17) is 0 Å². The van der Waals surface area contributed by atoms with Crippen LogP contribution < -0.4 is 0 Å². The zero-order valence-electron chi connectivity index (χ0n) is 12.4. The van der Waals surface area contributed by atoms with E-state index in [9.17, 15) is 5.11 Å². The first-order valence-corrected chi connectivity index (χ1v) is 8.63. The summed E-state index contributed by atoms with van der Waals surface area (Å²) in [5.41, 5.74) is 1.02. The molecule has 1 N–H and O–H groups in total. The molecule has 1 nitrogen and oxygen atoms in total. The number of hydrogen-bond donors (Lipinski definition) is 1. The van der Waals surface area contributed by atoms with Crippen molar-refractivity contribution in [3.8, 4) is 0 Å². The first-order valence-electron chi connectivity index (χ1n) is 7.65. The van der Waals surface area contributed by atoms with Gasteiger partial charge in [0.05, 0.1) is 6.10 Å². The summed E-state index contributed by atoms with van der Waals surface area (Å²) in [5, 5.41) is 9.55. The average Bonchev–Trinajstić information content (AvgIpc) is 2.42. The molecule has 1 aromatic carbocycles. The summed E-state index contributed by atoms with van der Waals surface area (Å²) in [6.45, 7) is 4.08. The Hall–Kier alpha value is -0.470. The number of rotatable bonds is 10. The molecule has 0 saturated carbocycles. The third-order valence-corrected chi connectivity index (χ3v) is 4.44. The van der Waals surface area contributed by atoms with Crippen molar-refractivity contribution in [1.82, 2.24) is 0 Å². The molecule has 0 bridgehead atoms. The van der Waals surface area contributed by atoms with E-state index in [-0.39, 0.29) is 6.10 Å². The molecule has 0 saturated heterocycles. The van der Waals surface area contributed by atoms with E-state index in [1.54, 1.807) is 0 Å². The fourth-order valence-corrected chi connectivity index (χ4v) is 3.09. The molecule has 0 heterocycles. The molecule has 1 aromatic rings. The van der Waals surface area contributed by atoms with Crippen LogP contribution in [0.4, 0.5) is 0 Å². The largest absolute Gasteiger partial charge is 0.389 e. The highest BCUT2D eigenvalue weighted by Crippen LogP contribution is 2.23. The predicted molar refractivity (Wildman–Crippen MR) is 85.8 cm³/mol. The SMILES string of the molecule is CCCCCCCCCSc1cccc(C(C)O)c1. The molecule has 1 unspecified atom stereocenters. The summed E-state index contributed by atoms with van der Waals surface area (Å²) in [7, 11) is 0. The second-order valence-corrected chi connectivity index (χ2v) is 6.39. The highest BCUT2D eigenvalue weighted by Gasteiger charge is 2.01. The number of aliphatic hydroxyl groups excluding tert-OH is 1. The van der Waals surface area contributed by atoms with Crippen molar-refractivity contribution in [2.75, 3.05) is 5.75 Å². The minimum absolute atomic E-state index is 0.362. The van der Waals surface area contributed by atoms with Gasteiger partial charge in [-0.3, -0.25) is 0 Å². The van der Waals surface area contributed by atoms with Gasteiger partial charge in [-0.2, -0.15) is 0 Å². The normalized spacial score (nSPS) is 12.6. The molecule has 0 fully saturated rings. The molecule has 108 valence electrons. The van der Waals surface area contributed by atoms with Crippen LogP contribution >= 0.6 is 11.8 Å². The van der Waals surface area contributed by atoms with Crippen molar-refractivity contribution in [3.63, 3.8) is 0 Å². The van der Waals surface area contributed by atoms with Crippen molar-refractivity contribution >= 4 is 11.8 Å². The van der Waals surface area contributed by atoms with Crippen molar-refractivity contribution in [3.05, 3.63) is 29.8 Å². The Bertz CT molecular complexity index is 336. The van der Waals surface area contributed by atoms with E-state index in [0.29, 0.717) is 0 Å². The Morgan fingerprint density at radius 1 is 1.05 bits per heavy atom. The molecule has 1 atom stereocenters. The Labute approximate surface area is 122 Å². The fourth-order valence-electron chi connectivity index (χ4n) is 2.11. The van der Waals surface area contributed by atoms with Crippen LogP contribution in [0.3, 0.4) is 0 Å². The summed E-state index contributed by atoms with van der Waals surface area (Å²) in [4.78, 5) is 1.28. The Balaban J connectivity index is 2.10. The molecule has 0 radical (unpaired) electrons. The van der Waals surface area contributed by atoms with E-state index < -0.39 is 0 Å². The fraction of sp³-hybridized carbons (Fsp3) is 0.647. The standard InChI is InChI=1S/C17H28OS/c1-3-4-5-6-7-8-9-13-19-17-12-10-11-16(14-17)15(2)18/h10-12,14-15,18H,3-9,13H2,1-2H3. The van der Waals surface area contributed by atoms with Gasteiger partial charge in [-0.05, 0) is 36.8 Å². The molecular weight excluding hydrogens is 252 g/mol. The van der Waals surface area contributed by atoms with Crippen molar-refractivity contribution in [1.29, 1.82) is 0 Å². The number of hydrogen-bond acceptors (Lipinski definition) is 2. The third kappa shape index (κ3) is 7.64. The van der Waals surface area contributed by atoms with Gasteiger partial charge in [0.2, 0.25) is 0 Å². The average molecular weight is 280 g/mol. The first kappa shape index (κ1) is 16.6.